The van der Waals surface area contributed by atoms with E-state index in [4.69, 9.17) is 0 Å². The summed E-state index contributed by atoms with van der Waals surface area (Å²) in [6, 6.07) is 10.0. The third-order valence-electron chi connectivity index (χ3n) is 3.50. The van der Waals surface area contributed by atoms with E-state index in [1.165, 1.54) is 0 Å². The lowest BCUT2D eigenvalue weighted by Gasteiger charge is -2.33. The second-order valence-corrected chi connectivity index (χ2v) is 5.46. The zero-order valence-electron chi connectivity index (χ0n) is 11.7. The van der Waals surface area contributed by atoms with Gasteiger partial charge in [0, 0.05) is 23.8 Å². The van der Waals surface area contributed by atoms with Crippen molar-refractivity contribution in [3.63, 3.8) is 0 Å². The Labute approximate surface area is 114 Å². The minimum atomic E-state index is -0.227. The molecule has 1 aromatic carbocycles. The van der Waals surface area contributed by atoms with Gasteiger partial charge in [-0.2, -0.15) is 5.10 Å². The number of para-hydroxylation sites is 1. The fourth-order valence-corrected chi connectivity index (χ4v) is 1.77. The quantitative estimate of drug-likeness (QED) is 0.893. The molecule has 1 aromatic heterocycles. The normalized spacial score (nSPS) is 12.1. The van der Waals surface area contributed by atoms with Crippen LogP contribution in [0.4, 0.5) is 0 Å². The summed E-state index contributed by atoms with van der Waals surface area (Å²) in [5, 5.41) is 13.7. The molecule has 1 heterocycles. The molecule has 0 bridgehead atoms. The number of aliphatic hydroxyl groups excluding tert-OH is 1. The van der Waals surface area contributed by atoms with E-state index in [0.717, 1.165) is 17.8 Å². The Morgan fingerprint density at radius 2 is 1.95 bits per heavy atom. The van der Waals surface area contributed by atoms with Crippen molar-refractivity contribution in [2.75, 3.05) is 13.7 Å². The molecular formula is C15H21N3O. The van der Waals surface area contributed by atoms with Crippen LogP contribution in [-0.4, -0.2) is 39.0 Å². The summed E-state index contributed by atoms with van der Waals surface area (Å²) in [6.07, 6.45) is 3.90. The van der Waals surface area contributed by atoms with Gasteiger partial charge in [-0.15, -0.1) is 0 Å². The molecule has 1 N–H and O–H groups in total. The SMILES string of the molecule is CN(Cc1cnn(-c2ccccc2)c1)C(C)(C)CO. The predicted molar refractivity (Wildman–Crippen MR) is 76.2 cm³/mol. The Balaban J connectivity index is 2.10. The summed E-state index contributed by atoms with van der Waals surface area (Å²) in [7, 11) is 2.01. The second kappa shape index (κ2) is 5.55. The first-order chi connectivity index (χ1) is 9.03. The van der Waals surface area contributed by atoms with Gasteiger partial charge in [0.25, 0.3) is 0 Å². The summed E-state index contributed by atoms with van der Waals surface area (Å²) in [5.74, 6) is 0. The fraction of sp³-hybridized carbons (Fsp3) is 0.400. The monoisotopic (exact) mass is 259 g/mol. The minimum Gasteiger partial charge on any atom is -0.394 e. The first-order valence-electron chi connectivity index (χ1n) is 6.44. The van der Waals surface area contributed by atoms with Crippen LogP contribution in [0.15, 0.2) is 42.7 Å². The molecule has 2 rings (SSSR count). The third-order valence-corrected chi connectivity index (χ3v) is 3.50. The highest BCUT2D eigenvalue weighted by Crippen LogP contribution is 2.15. The van der Waals surface area contributed by atoms with Gasteiger partial charge in [-0.05, 0) is 33.0 Å². The van der Waals surface area contributed by atoms with Crippen molar-refractivity contribution in [1.29, 1.82) is 0 Å². The highest BCUT2D eigenvalue weighted by Gasteiger charge is 2.22. The molecule has 0 aliphatic rings. The Morgan fingerprint density at radius 3 is 2.58 bits per heavy atom. The molecule has 0 aliphatic heterocycles. The molecule has 0 atom stereocenters. The lowest BCUT2D eigenvalue weighted by Crippen LogP contribution is -2.43. The molecule has 4 heteroatoms. The summed E-state index contributed by atoms with van der Waals surface area (Å²) >= 11 is 0. The van der Waals surface area contributed by atoms with Crippen LogP contribution in [0.25, 0.3) is 5.69 Å². The van der Waals surface area contributed by atoms with E-state index in [1.54, 1.807) is 0 Å². The van der Waals surface area contributed by atoms with Gasteiger partial charge >= 0.3 is 0 Å². The smallest absolute Gasteiger partial charge is 0.0645 e. The molecule has 0 amide bonds. The molecule has 19 heavy (non-hydrogen) atoms. The Hall–Kier alpha value is -1.65. The van der Waals surface area contributed by atoms with E-state index in [1.807, 2.05) is 68.3 Å². The molecule has 4 nitrogen and oxygen atoms in total. The standard InChI is InChI=1S/C15H21N3O/c1-15(2,12-19)17(3)10-13-9-16-18(11-13)14-7-5-4-6-8-14/h4-9,11,19H,10,12H2,1-3H3. The average molecular weight is 259 g/mol. The Bertz CT molecular complexity index is 519. The molecule has 102 valence electrons. The van der Waals surface area contributed by atoms with Crippen molar-refractivity contribution < 1.29 is 5.11 Å². The van der Waals surface area contributed by atoms with E-state index in [2.05, 4.69) is 10.00 Å². The number of nitrogens with zero attached hydrogens (tertiary/aromatic N) is 3. The van der Waals surface area contributed by atoms with Gasteiger partial charge in [0.05, 0.1) is 18.5 Å². The third kappa shape index (κ3) is 3.22. The molecule has 0 radical (unpaired) electrons. The lowest BCUT2D eigenvalue weighted by atomic mass is 10.0. The maximum atomic E-state index is 9.36. The van der Waals surface area contributed by atoms with E-state index < -0.39 is 0 Å². The number of hydrogen-bond acceptors (Lipinski definition) is 3. The van der Waals surface area contributed by atoms with Gasteiger partial charge < -0.3 is 5.11 Å². The first-order valence-corrected chi connectivity index (χ1v) is 6.44. The molecule has 0 saturated carbocycles. The van der Waals surface area contributed by atoms with Crippen molar-refractivity contribution in [2.24, 2.45) is 0 Å². The minimum absolute atomic E-state index is 0.135. The van der Waals surface area contributed by atoms with Gasteiger partial charge in [-0.1, -0.05) is 18.2 Å². The average Bonchev–Trinajstić information content (AvgIpc) is 2.88. The Morgan fingerprint density at radius 1 is 1.26 bits per heavy atom. The topological polar surface area (TPSA) is 41.3 Å². The largest absolute Gasteiger partial charge is 0.394 e. The lowest BCUT2D eigenvalue weighted by molar-refractivity contribution is 0.0734. The number of aromatic nitrogens is 2. The number of likely N-dealkylation sites (N-methyl/N-ethyl adjacent to an activating group) is 1. The number of aliphatic hydroxyl groups is 1. The number of benzene rings is 1. The zero-order valence-corrected chi connectivity index (χ0v) is 11.7. The van der Waals surface area contributed by atoms with Gasteiger partial charge in [0.1, 0.15) is 0 Å². The molecule has 0 spiro atoms. The summed E-state index contributed by atoms with van der Waals surface area (Å²) in [4.78, 5) is 2.12. The predicted octanol–water partition coefficient (Wildman–Crippen LogP) is 2.08. The second-order valence-electron chi connectivity index (χ2n) is 5.46. The van der Waals surface area contributed by atoms with Crippen LogP contribution in [0.1, 0.15) is 19.4 Å². The van der Waals surface area contributed by atoms with E-state index >= 15 is 0 Å². The molecule has 0 unspecified atom stereocenters. The Kier molecular flexibility index (Phi) is 4.02. The van der Waals surface area contributed by atoms with Gasteiger partial charge in [0.15, 0.2) is 0 Å². The molecular weight excluding hydrogens is 238 g/mol. The van der Waals surface area contributed by atoms with Crippen molar-refractivity contribution in [3.05, 3.63) is 48.3 Å². The van der Waals surface area contributed by atoms with E-state index in [9.17, 15) is 5.11 Å². The molecule has 0 aliphatic carbocycles. The van der Waals surface area contributed by atoms with Crippen LogP contribution >= 0.6 is 0 Å². The fourth-order valence-electron chi connectivity index (χ4n) is 1.77. The number of hydrogen-bond donors (Lipinski definition) is 1. The summed E-state index contributed by atoms with van der Waals surface area (Å²) < 4.78 is 1.87. The van der Waals surface area contributed by atoms with Crippen LogP contribution in [0.3, 0.4) is 0 Å². The van der Waals surface area contributed by atoms with Crippen LogP contribution in [-0.2, 0) is 6.54 Å². The zero-order chi connectivity index (χ0) is 13.9. The van der Waals surface area contributed by atoms with Gasteiger partial charge in [-0.3, -0.25) is 4.90 Å². The van der Waals surface area contributed by atoms with Crippen LogP contribution < -0.4 is 0 Å². The van der Waals surface area contributed by atoms with Crippen molar-refractivity contribution in [3.8, 4) is 5.69 Å². The van der Waals surface area contributed by atoms with Crippen LogP contribution in [0.2, 0.25) is 0 Å². The van der Waals surface area contributed by atoms with Crippen LogP contribution in [0.5, 0.6) is 0 Å². The van der Waals surface area contributed by atoms with Crippen molar-refractivity contribution in [2.45, 2.75) is 25.9 Å². The van der Waals surface area contributed by atoms with Crippen molar-refractivity contribution >= 4 is 0 Å². The van der Waals surface area contributed by atoms with Crippen molar-refractivity contribution in [1.82, 2.24) is 14.7 Å². The number of rotatable bonds is 5. The van der Waals surface area contributed by atoms with Gasteiger partial charge in [-0.25, -0.2) is 4.68 Å². The summed E-state index contributed by atoms with van der Waals surface area (Å²) in [6.45, 7) is 4.94. The molecule has 0 saturated heterocycles. The van der Waals surface area contributed by atoms with E-state index in [0.29, 0.717) is 0 Å². The summed E-state index contributed by atoms with van der Waals surface area (Å²) in [5.41, 5.74) is 1.96. The maximum Gasteiger partial charge on any atom is 0.0645 e. The molecule has 2 aromatic rings. The molecule has 0 fully saturated rings. The van der Waals surface area contributed by atoms with Gasteiger partial charge in [0.2, 0.25) is 0 Å². The first kappa shape index (κ1) is 13.8. The highest BCUT2D eigenvalue weighted by atomic mass is 16.3. The highest BCUT2D eigenvalue weighted by molar-refractivity contribution is 5.30. The van der Waals surface area contributed by atoms with Crippen LogP contribution in [0, 0.1) is 0 Å². The maximum absolute atomic E-state index is 9.36. The van der Waals surface area contributed by atoms with E-state index in [-0.39, 0.29) is 12.1 Å².